The second-order valence-electron chi connectivity index (χ2n) is 4.97. The number of carbonyl (C=O) groups is 1. The van der Waals surface area contributed by atoms with Gasteiger partial charge in [-0.3, -0.25) is 15.1 Å². The van der Waals surface area contributed by atoms with Crippen molar-refractivity contribution < 1.29 is 9.90 Å². The molecule has 2 rings (SSSR count). The van der Waals surface area contributed by atoms with Crippen molar-refractivity contribution >= 4 is 29.2 Å². The highest BCUT2D eigenvalue weighted by molar-refractivity contribution is 6.34. The molecule has 0 aromatic heterocycles. The number of aliphatic imine (C=N–C) groups is 1. The fraction of sp³-hybridized carbons (Fsp3) is 0.118. The van der Waals surface area contributed by atoms with Gasteiger partial charge in [-0.2, -0.15) is 0 Å². The summed E-state index contributed by atoms with van der Waals surface area (Å²) in [6.07, 6.45) is 0. The molecule has 2 aromatic rings. The Balaban J connectivity index is 2.79. The molecule has 0 atom stereocenters. The Labute approximate surface area is 144 Å². The maximum Gasteiger partial charge on any atom is 0.261 e. The second-order valence-corrected chi connectivity index (χ2v) is 5.34. The minimum atomic E-state index is -0.673. The van der Waals surface area contributed by atoms with Crippen LogP contribution in [0.1, 0.15) is 15.9 Å². The van der Waals surface area contributed by atoms with E-state index < -0.39 is 5.91 Å². The van der Waals surface area contributed by atoms with Crippen molar-refractivity contribution in [3.8, 4) is 16.9 Å². The van der Waals surface area contributed by atoms with Crippen LogP contribution in [-0.2, 0) is 0 Å². The van der Waals surface area contributed by atoms with Crippen molar-refractivity contribution in [2.24, 2.45) is 10.7 Å². The Hall–Kier alpha value is -3.04. The molecular formula is C17H15ClN4O2. The largest absolute Gasteiger partial charge is 0.507 e. The summed E-state index contributed by atoms with van der Waals surface area (Å²) in [5.74, 6) is -1.06. The van der Waals surface area contributed by atoms with Gasteiger partial charge in [-0.05, 0) is 24.1 Å². The van der Waals surface area contributed by atoms with Crippen LogP contribution in [-0.4, -0.2) is 24.0 Å². The van der Waals surface area contributed by atoms with Gasteiger partial charge in [-0.25, -0.2) is 4.85 Å². The summed E-state index contributed by atoms with van der Waals surface area (Å²) in [5, 5.41) is 13.0. The summed E-state index contributed by atoms with van der Waals surface area (Å²) in [4.78, 5) is 19.6. The molecule has 0 aliphatic heterocycles. The number of aromatic hydroxyl groups is 1. The number of phenols is 1. The van der Waals surface area contributed by atoms with Gasteiger partial charge in [0.25, 0.3) is 5.91 Å². The molecule has 0 fully saturated rings. The van der Waals surface area contributed by atoms with Crippen molar-refractivity contribution in [2.75, 3.05) is 7.05 Å². The van der Waals surface area contributed by atoms with E-state index in [4.69, 9.17) is 23.9 Å². The SMILES string of the molecule is [C-]#[N+]c1ccc(O)c(C(=O)NC(N)=NC)c1-c1cccc(C)c1Cl. The molecule has 0 aliphatic carbocycles. The van der Waals surface area contributed by atoms with E-state index >= 15 is 0 Å². The molecule has 7 heteroatoms. The van der Waals surface area contributed by atoms with Gasteiger partial charge < -0.3 is 10.8 Å². The van der Waals surface area contributed by atoms with E-state index in [0.29, 0.717) is 10.6 Å². The summed E-state index contributed by atoms with van der Waals surface area (Å²) in [7, 11) is 1.42. The van der Waals surface area contributed by atoms with E-state index in [0.717, 1.165) is 5.56 Å². The standard InChI is InChI=1S/C17H15ClN4O2/c1-9-5-4-6-10(15(9)18)13-11(20-2)7-8-12(23)14(13)16(24)22-17(19)21-3/h4-8,23H,1,3H3,(H3,19,21,22,24). The van der Waals surface area contributed by atoms with Gasteiger partial charge in [0.15, 0.2) is 11.6 Å². The molecule has 0 radical (unpaired) electrons. The van der Waals surface area contributed by atoms with Gasteiger partial charge in [0.1, 0.15) is 5.75 Å². The van der Waals surface area contributed by atoms with Crippen LogP contribution >= 0.6 is 11.6 Å². The maximum atomic E-state index is 12.5. The topological polar surface area (TPSA) is 92.1 Å². The van der Waals surface area contributed by atoms with Crippen LogP contribution in [0.3, 0.4) is 0 Å². The van der Waals surface area contributed by atoms with E-state index in [1.165, 1.54) is 19.2 Å². The smallest absolute Gasteiger partial charge is 0.261 e. The van der Waals surface area contributed by atoms with Crippen molar-refractivity contribution in [2.45, 2.75) is 6.92 Å². The number of nitrogens with one attached hydrogen (secondary N) is 1. The van der Waals surface area contributed by atoms with E-state index in [1.54, 1.807) is 12.1 Å². The molecule has 1 amide bonds. The van der Waals surface area contributed by atoms with E-state index in [1.807, 2.05) is 13.0 Å². The predicted molar refractivity (Wildman–Crippen MR) is 94.6 cm³/mol. The Morgan fingerprint density at radius 2 is 2.08 bits per heavy atom. The highest BCUT2D eigenvalue weighted by Gasteiger charge is 2.23. The average Bonchev–Trinajstić information content (AvgIpc) is 2.56. The molecule has 0 spiro atoms. The first kappa shape index (κ1) is 17.3. The summed E-state index contributed by atoms with van der Waals surface area (Å²) < 4.78 is 0. The summed E-state index contributed by atoms with van der Waals surface area (Å²) >= 11 is 6.35. The molecule has 2 aromatic carbocycles. The Morgan fingerprint density at radius 1 is 1.38 bits per heavy atom. The number of halogens is 1. The number of nitrogens with two attached hydrogens (primary N) is 1. The van der Waals surface area contributed by atoms with Gasteiger partial charge in [0.2, 0.25) is 0 Å². The zero-order valence-corrected chi connectivity index (χ0v) is 13.8. The number of nitrogens with zero attached hydrogens (tertiary/aromatic N) is 2. The third-order valence-electron chi connectivity index (χ3n) is 3.45. The molecule has 24 heavy (non-hydrogen) atoms. The number of amides is 1. The van der Waals surface area contributed by atoms with E-state index in [2.05, 4.69) is 15.2 Å². The lowest BCUT2D eigenvalue weighted by molar-refractivity contribution is 0.0974. The number of phenolic OH excluding ortho intramolecular Hbond substituents is 1. The minimum absolute atomic E-state index is 0.0809. The number of aryl methyl sites for hydroxylation is 1. The van der Waals surface area contributed by atoms with Crippen LogP contribution in [0.15, 0.2) is 35.3 Å². The molecule has 4 N–H and O–H groups in total. The number of hydrogen-bond donors (Lipinski definition) is 3. The fourth-order valence-corrected chi connectivity index (χ4v) is 2.47. The van der Waals surface area contributed by atoms with Gasteiger partial charge in [-0.1, -0.05) is 35.9 Å². The van der Waals surface area contributed by atoms with Gasteiger partial charge in [-0.15, -0.1) is 0 Å². The number of guanidine groups is 1. The lowest BCUT2D eigenvalue weighted by atomic mass is 9.95. The van der Waals surface area contributed by atoms with Crippen LogP contribution < -0.4 is 11.1 Å². The molecule has 0 aliphatic rings. The number of rotatable bonds is 2. The Bertz CT molecular complexity index is 885. The highest BCUT2D eigenvalue weighted by Crippen LogP contribution is 2.42. The number of benzene rings is 2. The van der Waals surface area contributed by atoms with Crippen molar-refractivity contribution in [3.63, 3.8) is 0 Å². The molecule has 0 heterocycles. The quantitative estimate of drug-likeness (QED) is 0.444. The third kappa shape index (κ3) is 3.16. The van der Waals surface area contributed by atoms with E-state index in [9.17, 15) is 9.90 Å². The van der Waals surface area contributed by atoms with Crippen LogP contribution in [0.4, 0.5) is 5.69 Å². The first-order valence-corrected chi connectivity index (χ1v) is 7.31. The van der Waals surface area contributed by atoms with Crippen molar-refractivity contribution in [3.05, 3.63) is 57.9 Å². The summed E-state index contributed by atoms with van der Waals surface area (Å²) in [6.45, 7) is 9.18. The lowest BCUT2D eigenvalue weighted by Gasteiger charge is -2.15. The van der Waals surface area contributed by atoms with E-state index in [-0.39, 0.29) is 28.5 Å². The molecule has 122 valence electrons. The number of carbonyl (C=O) groups excluding carboxylic acids is 1. The summed E-state index contributed by atoms with van der Waals surface area (Å²) in [6, 6.07) is 7.98. The highest BCUT2D eigenvalue weighted by atomic mass is 35.5. The zero-order chi connectivity index (χ0) is 17.9. The normalized spacial score (nSPS) is 11.0. The van der Waals surface area contributed by atoms with Crippen LogP contribution in [0.5, 0.6) is 5.75 Å². The first-order chi connectivity index (χ1) is 11.4. The van der Waals surface area contributed by atoms with Crippen LogP contribution in [0.25, 0.3) is 16.0 Å². The van der Waals surface area contributed by atoms with Crippen LogP contribution in [0, 0.1) is 13.5 Å². The third-order valence-corrected chi connectivity index (χ3v) is 3.95. The van der Waals surface area contributed by atoms with Crippen LogP contribution in [0.2, 0.25) is 5.02 Å². The molecule has 0 saturated carbocycles. The Kier molecular flexibility index (Phi) is 5.07. The molecule has 0 saturated heterocycles. The molecular weight excluding hydrogens is 328 g/mol. The zero-order valence-electron chi connectivity index (χ0n) is 13.1. The molecule has 0 bridgehead atoms. The van der Waals surface area contributed by atoms with Crippen molar-refractivity contribution in [1.82, 2.24) is 5.32 Å². The first-order valence-electron chi connectivity index (χ1n) is 6.93. The maximum absolute atomic E-state index is 12.5. The predicted octanol–water partition coefficient (Wildman–Crippen LogP) is 3.25. The monoisotopic (exact) mass is 342 g/mol. The molecule has 6 nitrogen and oxygen atoms in total. The van der Waals surface area contributed by atoms with Gasteiger partial charge in [0, 0.05) is 12.6 Å². The van der Waals surface area contributed by atoms with Crippen molar-refractivity contribution in [1.29, 1.82) is 0 Å². The Morgan fingerprint density at radius 3 is 2.71 bits per heavy atom. The van der Waals surface area contributed by atoms with Gasteiger partial charge >= 0.3 is 0 Å². The van der Waals surface area contributed by atoms with Gasteiger partial charge in [0.05, 0.1) is 17.2 Å². The summed E-state index contributed by atoms with van der Waals surface area (Å²) in [5.41, 5.74) is 7.15. The fourth-order valence-electron chi connectivity index (χ4n) is 2.25. The molecule has 0 unspecified atom stereocenters. The second kappa shape index (κ2) is 7.02. The number of hydrogen-bond acceptors (Lipinski definition) is 3. The minimum Gasteiger partial charge on any atom is -0.507 e. The lowest BCUT2D eigenvalue weighted by Crippen LogP contribution is -2.36. The average molecular weight is 343 g/mol.